The third-order valence-corrected chi connectivity index (χ3v) is 3.20. The molecule has 0 atom stereocenters. The number of nitrogens with zero attached hydrogens (tertiary/aromatic N) is 2. The Bertz CT molecular complexity index is 718. The molecule has 0 aliphatic rings. The SMILES string of the molecule is COc1ccc2[nH]c(Cc3ccccc3C)nc2n1. The third-order valence-electron chi connectivity index (χ3n) is 3.20. The number of methoxy groups -OCH3 is 1. The van der Waals surface area contributed by atoms with Crippen molar-refractivity contribution in [2.45, 2.75) is 13.3 Å². The van der Waals surface area contributed by atoms with Crippen LogP contribution in [0.1, 0.15) is 17.0 Å². The zero-order valence-corrected chi connectivity index (χ0v) is 11.0. The van der Waals surface area contributed by atoms with Crippen LogP contribution in [0.5, 0.6) is 5.88 Å². The average molecular weight is 253 g/mol. The van der Waals surface area contributed by atoms with Crippen LogP contribution >= 0.6 is 0 Å². The summed E-state index contributed by atoms with van der Waals surface area (Å²) in [6, 6.07) is 12.1. The van der Waals surface area contributed by atoms with Gasteiger partial charge in [0.2, 0.25) is 5.88 Å². The molecule has 4 heteroatoms. The molecule has 0 bridgehead atoms. The number of benzene rings is 1. The van der Waals surface area contributed by atoms with Gasteiger partial charge in [-0.15, -0.1) is 0 Å². The molecule has 0 spiro atoms. The van der Waals surface area contributed by atoms with Crippen molar-refractivity contribution in [1.82, 2.24) is 15.0 Å². The van der Waals surface area contributed by atoms with Crippen LogP contribution in [0.3, 0.4) is 0 Å². The Labute approximate surface area is 111 Å². The monoisotopic (exact) mass is 253 g/mol. The molecule has 1 aromatic carbocycles. The molecule has 3 aromatic rings. The molecule has 96 valence electrons. The fraction of sp³-hybridized carbons (Fsp3) is 0.200. The second kappa shape index (κ2) is 4.72. The number of imidazole rings is 1. The van der Waals surface area contributed by atoms with Crippen LogP contribution < -0.4 is 4.74 Å². The minimum absolute atomic E-state index is 0.585. The lowest BCUT2D eigenvalue weighted by atomic mass is 10.1. The molecule has 2 aromatic heterocycles. The topological polar surface area (TPSA) is 50.8 Å². The Morgan fingerprint density at radius 3 is 2.74 bits per heavy atom. The van der Waals surface area contributed by atoms with Gasteiger partial charge < -0.3 is 9.72 Å². The molecule has 2 heterocycles. The molecule has 1 N–H and O–H groups in total. The first-order chi connectivity index (χ1) is 9.26. The fourth-order valence-electron chi connectivity index (χ4n) is 2.11. The molecule has 0 amide bonds. The predicted octanol–water partition coefficient (Wildman–Crippen LogP) is 2.87. The first-order valence-corrected chi connectivity index (χ1v) is 6.20. The van der Waals surface area contributed by atoms with Crippen LogP contribution in [0.15, 0.2) is 36.4 Å². The third kappa shape index (κ3) is 2.29. The maximum atomic E-state index is 5.10. The van der Waals surface area contributed by atoms with Crippen LogP contribution in [0.25, 0.3) is 11.2 Å². The molecule has 0 fully saturated rings. The van der Waals surface area contributed by atoms with Gasteiger partial charge in [0.25, 0.3) is 0 Å². The van der Waals surface area contributed by atoms with E-state index in [4.69, 9.17) is 4.74 Å². The highest BCUT2D eigenvalue weighted by atomic mass is 16.5. The van der Waals surface area contributed by atoms with Crippen molar-refractivity contribution in [2.75, 3.05) is 7.11 Å². The molecule has 4 nitrogen and oxygen atoms in total. The highest BCUT2D eigenvalue weighted by Crippen LogP contribution is 2.17. The smallest absolute Gasteiger partial charge is 0.215 e. The standard InChI is InChI=1S/C15H15N3O/c1-10-5-3-4-6-11(10)9-13-16-12-7-8-14(19-2)18-15(12)17-13/h3-8H,9H2,1-2H3,(H,16,17,18). The molecular formula is C15H15N3O. The number of aromatic amines is 1. The number of hydrogen-bond acceptors (Lipinski definition) is 3. The van der Waals surface area contributed by atoms with Gasteiger partial charge >= 0.3 is 0 Å². The first kappa shape index (κ1) is 11.7. The van der Waals surface area contributed by atoms with Gasteiger partial charge in [0.05, 0.1) is 12.6 Å². The summed E-state index contributed by atoms with van der Waals surface area (Å²) in [7, 11) is 1.61. The Kier molecular flexibility index (Phi) is 2.91. The summed E-state index contributed by atoms with van der Waals surface area (Å²) in [6.07, 6.45) is 0.783. The van der Waals surface area contributed by atoms with Gasteiger partial charge in [-0.25, -0.2) is 4.98 Å². The molecule has 0 unspecified atom stereocenters. The zero-order valence-electron chi connectivity index (χ0n) is 11.0. The highest BCUT2D eigenvalue weighted by Gasteiger charge is 2.07. The van der Waals surface area contributed by atoms with E-state index in [2.05, 4.69) is 34.0 Å². The maximum absolute atomic E-state index is 5.10. The summed E-state index contributed by atoms with van der Waals surface area (Å²) in [5.41, 5.74) is 4.18. The van der Waals surface area contributed by atoms with Crippen molar-refractivity contribution in [3.63, 3.8) is 0 Å². The largest absolute Gasteiger partial charge is 0.481 e. The predicted molar refractivity (Wildman–Crippen MR) is 74.4 cm³/mol. The molecule has 0 aliphatic carbocycles. The van der Waals surface area contributed by atoms with E-state index < -0.39 is 0 Å². The van der Waals surface area contributed by atoms with Gasteiger partial charge in [-0.1, -0.05) is 24.3 Å². The van der Waals surface area contributed by atoms with Crippen molar-refractivity contribution >= 4 is 11.2 Å². The number of H-pyrrole nitrogens is 1. The number of hydrogen-bond donors (Lipinski definition) is 1. The van der Waals surface area contributed by atoms with Crippen molar-refractivity contribution < 1.29 is 4.74 Å². The molecule has 0 saturated heterocycles. The summed E-state index contributed by atoms with van der Waals surface area (Å²) in [5, 5.41) is 0. The van der Waals surface area contributed by atoms with Gasteiger partial charge in [-0.05, 0) is 24.1 Å². The number of nitrogens with one attached hydrogen (secondary N) is 1. The molecule has 3 rings (SSSR count). The molecule has 19 heavy (non-hydrogen) atoms. The average Bonchev–Trinajstić information content (AvgIpc) is 2.82. The lowest BCUT2D eigenvalue weighted by Gasteiger charge is -2.02. The van der Waals surface area contributed by atoms with E-state index in [-0.39, 0.29) is 0 Å². The lowest BCUT2D eigenvalue weighted by Crippen LogP contribution is -1.93. The van der Waals surface area contributed by atoms with Crippen molar-refractivity contribution in [3.05, 3.63) is 53.3 Å². The summed E-state index contributed by atoms with van der Waals surface area (Å²) in [5.74, 6) is 1.51. The summed E-state index contributed by atoms with van der Waals surface area (Å²) in [4.78, 5) is 12.1. The summed E-state index contributed by atoms with van der Waals surface area (Å²) in [6.45, 7) is 2.11. The Hall–Kier alpha value is -2.36. The quantitative estimate of drug-likeness (QED) is 0.780. The van der Waals surface area contributed by atoms with Crippen molar-refractivity contribution in [2.24, 2.45) is 0 Å². The van der Waals surface area contributed by atoms with E-state index in [0.717, 1.165) is 17.8 Å². The van der Waals surface area contributed by atoms with Gasteiger partial charge in [-0.2, -0.15) is 4.98 Å². The summed E-state index contributed by atoms with van der Waals surface area (Å²) >= 11 is 0. The Balaban J connectivity index is 1.95. The second-order valence-electron chi connectivity index (χ2n) is 4.51. The van der Waals surface area contributed by atoms with Gasteiger partial charge in [0.15, 0.2) is 5.65 Å². The number of aromatic nitrogens is 3. The van der Waals surface area contributed by atoms with E-state index >= 15 is 0 Å². The Morgan fingerprint density at radius 1 is 1.11 bits per heavy atom. The zero-order chi connectivity index (χ0) is 13.2. The van der Waals surface area contributed by atoms with E-state index in [1.807, 2.05) is 24.3 Å². The minimum Gasteiger partial charge on any atom is -0.481 e. The van der Waals surface area contributed by atoms with E-state index in [9.17, 15) is 0 Å². The van der Waals surface area contributed by atoms with Gasteiger partial charge in [-0.3, -0.25) is 0 Å². The number of aryl methyl sites for hydroxylation is 1. The summed E-state index contributed by atoms with van der Waals surface area (Å²) < 4.78 is 5.10. The number of fused-ring (bicyclic) bond motifs is 1. The highest BCUT2D eigenvalue weighted by molar-refractivity contribution is 5.71. The Morgan fingerprint density at radius 2 is 1.95 bits per heavy atom. The van der Waals surface area contributed by atoms with E-state index in [1.54, 1.807) is 7.11 Å². The van der Waals surface area contributed by atoms with Crippen LogP contribution in [-0.2, 0) is 6.42 Å². The lowest BCUT2D eigenvalue weighted by molar-refractivity contribution is 0.399. The molecule has 0 saturated carbocycles. The van der Waals surface area contributed by atoms with Gasteiger partial charge in [0, 0.05) is 12.5 Å². The first-order valence-electron chi connectivity index (χ1n) is 6.20. The van der Waals surface area contributed by atoms with Crippen LogP contribution in [0.4, 0.5) is 0 Å². The van der Waals surface area contributed by atoms with E-state index in [1.165, 1.54) is 11.1 Å². The van der Waals surface area contributed by atoms with Gasteiger partial charge in [0.1, 0.15) is 5.82 Å². The number of ether oxygens (including phenoxy) is 1. The normalized spacial score (nSPS) is 10.8. The molecule has 0 aliphatic heterocycles. The van der Waals surface area contributed by atoms with Crippen LogP contribution in [-0.4, -0.2) is 22.1 Å². The maximum Gasteiger partial charge on any atom is 0.215 e. The minimum atomic E-state index is 0.585. The van der Waals surface area contributed by atoms with Crippen molar-refractivity contribution in [3.8, 4) is 5.88 Å². The van der Waals surface area contributed by atoms with Crippen molar-refractivity contribution in [1.29, 1.82) is 0 Å². The number of pyridine rings is 1. The molecular weight excluding hydrogens is 238 g/mol. The fourth-order valence-corrected chi connectivity index (χ4v) is 2.11. The van der Waals surface area contributed by atoms with Crippen LogP contribution in [0, 0.1) is 6.92 Å². The van der Waals surface area contributed by atoms with Crippen LogP contribution in [0.2, 0.25) is 0 Å². The number of rotatable bonds is 3. The molecule has 0 radical (unpaired) electrons. The van der Waals surface area contributed by atoms with E-state index in [0.29, 0.717) is 11.5 Å². The second-order valence-corrected chi connectivity index (χ2v) is 4.51.